The summed E-state index contributed by atoms with van der Waals surface area (Å²) in [4.78, 5) is 16.1. The summed E-state index contributed by atoms with van der Waals surface area (Å²) in [6.07, 6.45) is 0. The normalized spacial score (nSPS) is 27.6. The molecule has 1 saturated heterocycles. The molecule has 2 aliphatic rings. The molecule has 0 unspecified atom stereocenters. The van der Waals surface area contributed by atoms with Gasteiger partial charge in [0, 0.05) is 32.3 Å². The second-order valence-electron chi connectivity index (χ2n) is 5.52. The molecule has 1 aromatic rings. The molecule has 20 heavy (non-hydrogen) atoms. The third-order valence-corrected chi connectivity index (χ3v) is 4.45. The summed E-state index contributed by atoms with van der Waals surface area (Å²) < 4.78 is 4.94. The summed E-state index contributed by atoms with van der Waals surface area (Å²) in [5.41, 5.74) is 2.43. The number of nitrogens with zero attached hydrogens (tertiary/aromatic N) is 2. The van der Waals surface area contributed by atoms with Crippen LogP contribution in [0.3, 0.4) is 0 Å². The van der Waals surface area contributed by atoms with Crippen molar-refractivity contribution in [2.45, 2.75) is 18.0 Å². The van der Waals surface area contributed by atoms with Gasteiger partial charge in [-0.3, -0.25) is 4.79 Å². The molecular weight excluding hydrogens is 256 g/mol. The van der Waals surface area contributed by atoms with Crippen molar-refractivity contribution in [1.82, 2.24) is 4.90 Å². The molecule has 5 heteroatoms. The number of hydrogen-bond donors (Lipinski definition) is 1. The third-order valence-electron chi connectivity index (χ3n) is 4.45. The molecule has 1 fully saturated rings. The van der Waals surface area contributed by atoms with E-state index in [1.807, 2.05) is 19.2 Å². The fourth-order valence-corrected chi connectivity index (χ4v) is 3.63. The van der Waals surface area contributed by atoms with Gasteiger partial charge >= 0.3 is 0 Å². The van der Waals surface area contributed by atoms with Gasteiger partial charge in [-0.1, -0.05) is 18.2 Å². The molecule has 2 aliphatic heterocycles. The Kier molecular flexibility index (Phi) is 3.40. The standard InChI is InChI=1S/C15H20N2O3/c1-16-7-12-15(10-5-3-4-6-11(10)16)13(8-18)17(12)14(19)9-20-2/h3-6,12-13,15,18H,7-9H2,1-2H3/t12-,13+,15+/m0/s1. The van der Waals surface area contributed by atoms with Crippen molar-refractivity contribution in [1.29, 1.82) is 0 Å². The van der Waals surface area contributed by atoms with Gasteiger partial charge in [-0.2, -0.15) is 0 Å². The SMILES string of the molecule is COCC(=O)N1[C@H](CO)[C@@H]2c3ccccc3N(C)C[C@@H]21. The van der Waals surface area contributed by atoms with Crippen molar-refractivity contribution in [3.8, 4) is 0 Å². The van der Waals surface area contributed by atoms with E-state index < -0.39 is 0 Å². The van der Waals surface area contributed by atoms with Crippen LogP contribution in [0.1, 0.15) is 11.5 Å². The van der Waals surface area contributed by atoms with Gasteiger partial charge in [0.25, 0.3) is 0 Å². The molecule has 108 valence electrons. The number of likely N-dealkylation sites (N-methyl/N-ethyl adjacent to an activating group) is 1. The maximum absolute atomic E-state index is 12.1. The van der Waals surface area contributed by atoms with Crippen LogP contribution in [0.5, 0.6) is 0 Å². The van der Waals surface area contributed by atoms with Crippen LogP contribution < -0.4 is 4.90 Å². The molecule has 0 aromatic heterocycles. The molecule has 3 rings (SSSR count). The van der Waals surface area contributed by atoms with Crippen LogP contribution in [-0.4, -0.2) is 61.9 Å². The van der Waals surface area contributed by atoms with Gasteiger partial charge in [-0.05, 0) is 11.6 Å². The summed E-state index contributed by atoms with van der Waals surface area (Å²) in [5, 5.41) is 9.66. The molecule has 5 nitrogen and oxygen atoms in total. The topological polar surface area (TPSA) is 53.0 Å². The van der Waals surface area contributed by atoms with Gasteiger partial charge in [0.05, 0.1) is 18.7 Å². The number of amides is 1. The molecule has 1 N–H and O–H groups in total. The van der Waals surface area contributed by atoms with Crippen LogP contribution in [0, 0.1) is 0 Å². The first-order valence-electron chi connectivity index (χ1n) is 6.90. The Balaban J connectivity index is 1.92. The summed E-state index contributed by atoms with van der Waals surface area (Å²) >= 11 is 0. The fourth-order valence-electron chi connectivity index (χ4n) is 3.63. The lowest BCUT2D eigenvalue weighted by Gasteiger charge is -2.58. The van der Waals surface area contributed by atoms with Crippen molar-refractivity contribution < 1.29 is 14.6 Å². The number of hydrogen-bond acceptors (Lipinski definition) is 4. The van der Waals surface area contributed by atoms with E-state index in [0.717, 1.165) is 6.54 Å². The number of para-hydroxylation sites is 1. The number of aliphatic hydroxyl groups is 1. The molecule has 1 aromatic carbocycles. The molecule has 3 atom stereocenters. The molecule has 0 radical (unpaired) electrons. The van der Waals surface area contributed by atoms with Gasteiger partial charge < -0.3 is 19.6 Å². The maximum Gasteiger partial charge on any atom is 0.249 e. The van der Waals surface area contributed by atoms with E-state index in [-0.39, 0.29) is 37.1 Å². The van der Waals surface area contributed by atoms with E-state index in [9.17, 15) is 9.90 Å². The van der Waals surface area contributed by atoms with Crippen LogP contribution in [0.15, 0.2) is 24.3 Å². The predicted octanol–water partition coefficient (Wildman–Crippen LogP) is 0.438. The smallest absolute Gasteiger partial charge is 0.249 e. The fraction of sp³-hybridized carbons (Fsp3) is 0.533. The molecule has 1 amide bonds. The number of benzene rings is 1. The maximum atomic E-state index is 12.1. The number of aliphatic hydroxyl groups excluding tert-OH is 1. The van der Waals surface area contributed by atoms with E-state index in [1.165, 1.54) is 18.4 Å². The van der Waals surface area contributed by atoms with Crippen molar-refractivity contribution in [2.24, 2.45) is 0 Å². The zero-order chi connectivity index (χ0) is 14.3. The Morgan fingerprint density at radius 1 is 1.45 bits per heavy atom. The second kappa shape index (κ2) is 5.07. The highest BCUT2D eigenvalue weighted by atomic mass is 16.5. The Morgan fingerprint density at radius 2 is 2.20 bits per heavy atom. The van der Waals surface area contributed by atoms with E-state index >= 15 is 0 Å². The Morgan fingerprint density at radius 3 is 2.90 bits per heavy atom. The molecule has 0 bridgehead atoms. The Labute approximate surface area is 118 Å². The monoisotopic (exact) mass is 276 g/mol. The van der Waals surface area contributed by atoms with E-state index in [0.29, 0.717) is 0 Å². The minimum absolute atomic E-state index is 0.00529. The highest BCUT2D eigenvalue weighted by Crippen LogP contribution is 2.47. The average molecular weight is 276 g/mol. The highest BCUT2D eigenvalue weighted by molar-refractivity contribution is 5.80. The third kappa shape index (κ3) is 1.81. The minimum atomic E-state index is -0.127. The van der Waals surface area contributed by atoms with Crippen LogP contribution >= 0.6 is 0 Å². The number of carbonyl (C=O) groups is 1. The number of carbonyl (C=O) groups excluding carboxylic acids is 1. The zero-order valence-electron chi connectivity index (χ0n) is 11.8. The minimum Gasteiger partial charge on any atom is -0.394 e. The first kappa shape index (κ1) is 13.4. The molecule has 0 aliphatic carbocycles. The van der Waals surface area contributed by atoms with Gasteiger partial charge in [0.15, 0.2) is 0 Å². The lowest BCUT2D eigenvalue weighted by atomic mass is 9.72. The largest absolute Gasteiger partial charge is 0.394 e. The lowest BCUT2D eigenvalue weighted by molar-refractivity contribution is -0.154. The second-order valence-corrected chi connectivity index (χ2v) is 5.52. The van der Waals surface area contributed by atoms with Crippen LogP contribution in [0.2, 0.25) is 0 Å². The van der Waals surface area contributed by atoms with E-state index in [2.05, 4.69) is 17.0 Å². The Bertz CT molecular complexity index is 520. The zero-order valence-corrected chi connectivity index (χ0v) is 11.8. The number of methoxy groups -OCH3 is 1. The molecule has 0 saturated carbocycles. The van der Waals surface area contributed by atoms with Crippen LogP contribution in [0.4, 0.5) is 5.69 Å². The summed E-state index contributed by atoms with van der Waals surface area (Å²) in [6, 6.07) is 8.25. The highest BCUT2D eigenvalue weighted by Gasteiger charge is 2.53. The van der Waals surface area contributed by atoms with Crippen molar-refractivity contribution in [3.05, 3.63) is 29.8 Å². The number of ether oxygens (including phenoxy) is 1. The van der Waals surface area contributed by atoms with Crippen molar-refractivity contribution in [2.75, 3.05) is 38.8 Å². The molecule has 2 heterocycles. The van der Waals surface area contributed by atoms with Crippen LogP contribution in [0.25, 0.3) is 0 Å². The van der Waals surface area contributed by atoms with Crippen molar-refractivity contribution >= 4 is 11.6 Å². The van der Waals surface area contributed by atoms with Crippen LogP contribution in [-0.2, 0) is 9.53 Å². The van der Waals surface area contributed by atoms with Gasteiger partial charge in [0.1, 0.15) is 6.61 Å². The number of fused-ring (bicyclic) bond motifs is 3. The van der Waals surface area contributed by atoms with Crippen molar-refractivity contribution in [3.63, 3.8) is 0 Å². The number of anilines is 1. The van der Waals surface area contributed by atoms with Gasteiger partial charge in [-0.15, -0.1) is 0 Å². The van der Waals surface area contributed by atoms with Gasteiger partial charge in [-0.25, -0.2) is 0 Å². The van der Waals surface area contributed by atoms with E-state index in [4.69, 9.17) is 4.74 Å². The lowest BCUT2D eigenvalue weighted by Crippen LogP contribution is -2.70. The quantitative estimate of drug-likeness (QED) is 0.870. The molecule has 0 spiro atoms. The summed E-state index contributed by atoms with van der Waals surface area (Å²) in [7, 11) is 3.56. The Hall–Kier alpha value is -1.59. The van der Waals surface area contributed by atoms with Gasteiger partial charge in [0.2, 0.25) is 5.91 Å². The number of rotatable bonds is 3. The first-order chi connectivity index (χ1) is 9.69. The average Bonchev–Trinajstić information content (AvgIpc) is 2.42. The predicted molar refractivity (Wildman–Crippen MR) is 75.8 cm³/mol. The summed E-state index contributed by atoms with van der Waals surface area (Å²) in [6.45, 7) is 0.868. The first-order valence-corrected chi connectivity index (χ1v) is 6.90. The summed E-state index contributed by atoms with van der Waals surface area (Å²) in [5.74, 6) is 0.189. The number of likely N-dealkylation sites (tertiary alicyclic amines) is 1. The molecular formula is C15H20N2O3. The van der Waals surface area contributed by atoms with E-state index in [1.54, 1.807) is 4.90 Å².